The van der Waals surface area contributed by atoms with E-state index in [1.54, 1.807) is 0 Å². The lowest BCUT2D eigenvalue weighted by molar-refractivity contribution is 0.652. The largest absolute Gasteiger partial charge is 0.0622 e. The summed E-state index contributed by atoms with van der Waals surface area (Å²) in [4.78, 5) is 0. The van der Waals surface area contributed by atoms with Crippen LogP contribution in [0.25, 0.3) is 66.1 Å². The van der Waals surface area contributed by atoms with Crippen molar-refractivity contribution in [1.82, 2.24) is 0 Å². The summed E-state index contributed by atoms with van der Waals surface area (Å²) in [6, 6.07) is 66.8. The Morgan fingerprint density at radius 2 is 0.902 bits per heavy atom. The SMILES string of the molecule is Cc1ccc(C(CCc2ccc3c(c2)C(C)(C)c2cc(-c4ccccc4)c4ccccc4c2-3)c2ccc3c(c2)C(C)(C)c2cc(-c4ccccc4)c4ccccc4c2-3)c(C)c1. The van der Waals surface area contributed by atoms with Crippen LogP contribution in [0, 0.1) is 13.8 Å². The molecule has 0 bridgehead atoms. The smallest absolute Gasteiger partial charge is 0.0159 e. The second-order valence-corrected chi connectivity index (χ2v) is 18.9. The summed E-state index contributed by atoms with van der Waals surface area (Å²) >= 11 is 0. The summed E-state index contributed by atoms with van der Waals surface area (Å²) in [5.74, 6) is 0.262. The summed E-state index contributed by atoms with van der Waals surface area (Å²) in [5, 5.41) is 5.33. The molecular weight excluding hydrogens is 733 g/mol. The lowest BCUT2D eigenvalue weighted by atomic mass is 9.78. The van der Waals surface area contributed by atoms with E-state index in [0.717, 1.165) is 12.8 Å². The Morgan fingerprint density at radius 3 is 1.44 bits per heavy atom. The van der Waals surface area contributed by atoms with Crippen LogP contribution in [-0.2, 0) is 17.3 Å². The van der Waals surface area contributed by atoms with E-state index < -0.39 is 0 Å². The lowest BCUT2D eigenvalue weighted by Gasteiger charge is -2.26. The molecule has 0 aromatic heterocycles. The predicted octanol–water partition coefficient (Wildman–Crippen LogP) is 16.3. The Kier molecular flexibility index (Phi) is 8.63. The molecule has 0 amide bonds. The van der Waals surface area contributed by atoms with Crippen LogP contribution in [0.4, 0.5) is 0 Å². The minimum Gasteiger partial charge on any atom is -0.0622 e. The van der Waals surface area contributed by atoms with Gasteiger partial charge >= 0.3 is 0 Å². The second-order valence-electron chi connectivity index (χ2n) is 18.9. The van der Waals surface area contributed by atoms with Crippen LogP contribution >= 0.6 is 0 Å². The van der Waals surface area contributed by atoms with Crippen LogP contribution in [0.1, 0.15) is 90.1 Å². The summed E-state index contributed by atoms with van der Waals surface area (Å²) in [5.41, 5.74) is 23.1. The zero-order valence-corrected chi connectivity index (χ0v) is 36.2. The topological polar surface area (TPSA) is 0 Å². The van der Waals surface area contributed by atoms with E-state index in [4.69, 9.17) is 0 Å². The standard InChI is InChI=1S/C61H52/c1-38-25-29-44(39(2)33-38)45(43-28-32-51-55(35-43)61(5,6)57-37-53(42-19-11-8-12-20-42)47-22-14-16-24-49(47)59(51)57)30-26-40-27-31-50-54(34-40)60(3,4)56-36-52(41-17-9-7-10-18-41)46-21-13-15-23-48(46)58(50)56/h7-25,27-29,31-37,45H,26,30H2,1-6H3. The Morgan fingerprint density at radius 1 is 0.410 bits per heavy atom. The summed E-state index contributed by atoms with van der Waals surface area (Å²) in [6.07, 6.45) is 2.03. The van der Waals surface area contributed by atoms with Gasteiger partial charge in [0.2, 0.25) is 0 Å². The van der Waals surface area contributed by atoms with Crippen molar-refractivity contribution in [2.75, 3.05) is 0 Å². The third kappa shape index (κ3) is 5.87. The number of hydrogen-bond donors (Lipinski definition) is 0. The normalized spacial score (nSPS) is 14.7. The first-order valence-electron chi connectivity index (χ1n) is 22.2. The van der Waals surface area contributed by atoms with Crippen LogP contribution in [-0.4, -0.2) is 0 Å². The fourth-order valence-corrected chi connectivity index (χ4v) is 11.3. The molecule has 0 aliphatic heterocycles. The first kappa shape index (κ1) is 37.5. The maximum Gasteiger partial charge on any atom is 0.0159 e. The quantitative estimate of drug-likeness (QED) is 0.151. The van der Waals surface area contributed by atoms with Gasteiger partial charge in [-0.2, -0.15) is 0 Å². The van der Waals surface area contributed by atoms with Gasteiger partial charge in [0.15, 0.2) is 0 Å². The monoisotopic (exact) mass is 784 g/mol. The number of aryl methyl sites for hydroxylation is 3. The molecule has 296 valence electrons. The molecule has 1 unspecified atom stereocenters. The minimum absolute atomic E-state index is 0.119. The van der Waals surface area contributed by atoms with E-state index in [0.29, 0.717) is 0 Å². The average molecular weight is 785 g/mol. The Bertz CT molecular complexity index is 3200. The molecule has 0 nitrogen and oxygen atoms in total. The van der Waals surface area contributed by atoms with Crippen molar-refractivity contribution in [1.29, 1.82) is 0 Å². The third-order valence-corrected chi connectivity index (χ3v) is 14.5. The van der Waals surface area contributed by atoms with E-state index in [-0.39, 0.29) is 16.7 Å². The molecule has 0 spiro atoms. The fourth-order valence-electron chi connectivity index (χ4n) is 11.3. The van der Waals surface area contributed by atoms with Gasteiger partial charge in [0.1, 0.15) is 0 Å². The van der Waals surface area contributed by atoms with Gasteiger partial charge in [0.25, 0.3) is 0 Å². The van der Waals surface area contributed by atoms with Crippen molar-refractivity contribution < 1.29 is 0 Å². The fraction of sp³-hybridized carbons (Fsp3) is 0.180. The molecule has 0 radical (unpaired) electrons. The molecule has 9 aromatic rings. The minimum atomic E-state index is -0.147. The molecule has 2 aliphatic carbocycles. The van der Waals surface area contributed by atoms with Crippen molar-refractivity contribution >= 4 is 21.5 Å². The first-order chi connectivity index (χ1) is 29.6. The van der Waals surface area contributed by atoms with Crippen molar-refractivity contribution in [3.05, 3.63) is 226 Å². The molecule has 2 aliphatic rings. The predicted molar refractivity (Wildman–Crippen MR) is 260 cm³/mol. The molecule has 0 heteroatoms. The van der Waals surface area contributed by atoms with E-state index in [9.17, 15) is 0 Å². The van der Waals surface area contributed by atoms with Gasteiger partial charge in [-0.1, -0.05) is 197 Å². The van der Waals surface area contributed by atoms with Gasteiger partial charge in [-0.3, -0.25) is 0 Å². The zero-order valence-electron chi connectivity index (χ0n) is 36.2. The molecule has 0 saturated carbocycles. The number of benzene rings is 9. The highest BCUT2D eigenvalue weighted by molar-refractivity contribution is 6.10. The molecular formula is C61H52. The van der Waals surface area contributed by atoms with E-state index in [1.807, 2.05) is 0 Å². The maximum atomic E-state index is 2.58. The third-order valence-electron chi connectivity index (χ3n) is 14.5. The highest BCUT2D eigenvalue weighted by Gasteiger charge is 2.39. The van der Waals surface area contributed by atoms with Crippen molar-refractivity contribution in [2.24, 2.45) is 0 Å². The maximum absolute atomic E-state index is 2.58. The Labute approximate surface area is 361 Å². The van der Waals surface area contributed by atoms with Crippen LogP contribution in [0.2, 0.25) is 0 Å². The molecule has 61 heavy (non-hydrogen) atoms. The van der Waals surface area contributed by atoms with Gasteiger partial charge in [-0.05, 0) is 149 Å². The van der Waals surface area contributed by atoms with Crippen LogP contribution in [0.5, 0.6) is 0 Å². The molecule has 0 heterocycles. The second kappa shape index (κ2) is 14.0. The first-order valence-corrected chi connectivity index (χ1v) is 22.2. The van der Waals surface area contributed by atoms with Gasteiger partial charge in [-0.25, -0.2) is 0 Å². The van der Waals surface area contributed by atoms with Gasteiger partial charge < -0.3 is 0 Å². The Hall–Kier alpha value is -6.50. The molecule has 0 N–H and O–H groups in total. The highest BCUT2D eigenvalue weighted by Crippen LogP contribution is 2.55. The van der Waals surface area contributed by atoms with E-state index >= 15 is 0 Å². The van der Waals surface area contributed by atoms with Gasteiger partial charge in [0.05, 0.1) is 0 Å². The summed E-state index contributed by atoms with van der Waals surface area (Å²) in [6.45, 7) is 14.3. The summed E-state index contributed by atoms with van der Waals surface area (Å²) < 4.78 is 0. The number of rotatable bonds is 7. The average Bonchev–Trinajstić information content (AvgIpc) is 3.65. The highest BCUT2D eigenvalue weighted by atomic mass is 14.4. The van der Waals surface area contributed by atoms with E-state index in [2.05, 4.69) is 217 Å². The van der Waals surface area contributed by atoms with Gasteiger partial charge in [0, 0.05) is 16.7 Å². The lowest BCUT2D eigenvalue weighted by Crippen LogP contribution is -2.16. The molecule has 11 rings (SSSR count). The molecule has 0 saturated heterocycles. The van der Waals surface area contributed by atoms with Crippen molar-refractivity contribution in [2.45, 2.75) is 71.1 Å². The zero-order chi connectivity index (χ0) is 41.6. The van der Waals surface area contributed by atoms with Crippen LogP contribution in [0.15, 0.2) is 176 Å². The Balaban J connectivity index is 0.985. The van der Waals surface area contributed by atoms with Gasteiger partial charge in [-0.15, -0.1) is 0 Å². The summed E-state index contributed by atoms with van der Waals surface area (Å²) in [7, 11) is 0. The molecule has 9 aromatic carbocycles. The molecule has 1 atom stereocenters. The number of fused-ring (bicyclic) bond motifs is 10. The van der Waals surface area contributed by atoms with Crippen LogP contribution < -0.4 is 0 Å². The van der Waals surface area contributed by atoms with Crippen LogP contribution in [0.3, 0.4) is 0 Å². The number of hydrogen-bond acceptors (Lipinski definition) is 0. The molecule has 0 fully saturated rings. The van der Waals surface area contributed by atoms with E-state index in [1.165, 1.54) is 116 Å². The van der Waals surface area contributed by atoms with Crippen molar-refractivity contribution in [3.8, 4) is 44.5 Å². The van der Waals surface area contributed by atoms with Crippen molar-refractivity contribution in [3.63, 3.8) is 0 Å².